The predicted octanol–water partition coefficient (Wildman–Crippen LogP) is 2.14. The Morgan fingerprint density at radius 3 is 3.00 bits per heavy atom. The van der Waals surface area contributed by atoms with Gasteiger partial charge < -0.3 is 15.0 Å². The summed E-state index contributed by atoms with van der Waals surface area (Å²) in [6, 6.07) is 6.15. The normalized spacial score (nSPS) is 15.4. The Hall–Kier alpha value is -2.08. The van der Waals surface area contributed by atoms with E-state index in [-0.39, 0.29) is 5.91 Å². The lowest BCUT2D eigenvalue weighted by molar-refractivity contribution is -0.116. The Balaban J connectivity index is 1.81. The molecule has 2 N–H and O–H groups in total. The summed E-state index contributed by atoms with van der Waals surface area (Å²) in [6.07, 6.45) is 1.34. The lowest BCUT2D eigenvalue weighted by Crippen LogP contribution is -2.36. The van der Waals surface area contributed by atoms with Gasteiger partial charge in [-0.05, 0) is 24.6 Å². The van der Waals surface area contributed by atoms with Crippen LogP contribution in [0.3, 0.4) is 0 Å². The molecule has 6 heteroatoms. The van der Waals surface area contributed by atoms with Gasteiger partial charge in [0.1, 0.15) is 0 Å². The molecule has 2 heterocycles. The number of nitrogens with one attached hydrogen (secondary N) is 2. The minimum atomic E-state index is 0.00292. The van der Waals surface area contributed by atoms with Crippen molar-refractivity contribution in [2.75, 3.05) is 36.5 Å². The van der Waals surface area contributed by atoms with Crippen LogP contribution in [-0.4, -0.2) is 42.4 Å². The standard InChI is InChI=1S/C15H20N4O2/c1-2-3-14(20)16-15-12-5-4-11(10-13(12)17-18-15)19-6-8-21-9-7-19/h4-5,10H,2-3,6-9H2,1H3,(H2,16,17,18,20). The number of benzene rings is 1. The van der Waals surface area contributed by atoms with Crippen LogP contribution in [0.25, 0.3) is 10.9 Å². The highest BCUT2D eigenvalue weighted by molar-refractivity contribution is 6.00. The maximum absolute atomic E-state index is 11.7. The van der Waals surface area contributed by atoms with Crippen LogP contribution in [-0.2, 0) is 9.53 Å². The summed E-state index contributed by atoms with van der Waals surface area (Å²) in [5.41, 5.74) is 2.09. The molecule has 1 aromatic heterocycles. The fraction of sp³-hybridized carbons (Fsp3) is 0.467. The highest BCUT2D eigenvalue weighted by Crippen LogP contribution is 2.26. The zero-order chi connectivity index (χ0) is 14.7. The summed E-state index contributed by atoms with van der Waals surface area (Å²) in [6.45, 7) is 5.31. The molecule has 0 radical (unpaired) electrons. The van der Waals surface area contributed by atoms with Gasteiger partial charge in [-0.1, -0.05) is 6.92 Å². The fourth-order valence-corrected chi connectivity index (χ4v) is 2.54. The number of fused-ring (bicyclic) bond motifs is 1. The van der Waals surface area contributed by atoms with Crippen LogP contribution < -0.4 is 10.2 Å². The van der Waals surface area contributed by atoms with Crippen LogP contribution in [0.4, 0.5) is 11.5 Å². The summed E-state index contributed by atoms with van der Waals surface area (Å²) in [7, 11) is 0. The van der Waals surface area contributed by atoms with Crippen LogP contribution in [0.1, 0.15) is 19.8 Å². The van der Waals surface area contributed by atoms with E-state index in [0.29, 0.717) is 12.2 Å². The van der Waals surface area contributed by atoms with Crippen LogP contribution in [0.15, 0.2) is 18.2 Å². The highest BCUT2D eigenvalue weighted by atomic mass is 16.5. The summed E-state index contributed by atoms with van der Waals surface area (Å²) in [4.78, 5) is 14.0. The summed E-state index contributed by atoms with van der Waals surface area (Å²) in [5.74, 6) is 0.611. The third kappa shape index (κ3) is 3.00. The average molecular weight is 288 g/mol. The Morgan fingerprint density at radius 2 is 2.24 bits per heavy atom. The molecular weight excluding hydrogens is 268 g/mol. The van der Waals surface area contributed by atoms with Gasteiger partial charge in [-0.2, -0.15) is 5.10 Å². The van der Waals surface area contributed by atoms with E-state index in [2.05, 4.69) is 32.5 Å². The number of H-pyrrole nitrogens is 1. The fourth-order valence-electron chi connectivity index (χ4n) is 2.54. The van der Waals surface area contributed by atoms with E-state index in [0.717, 1.165) is 49.3 Å². The molecule has 0 aliphatic carbocycles. The van der Waals surface area contributed by atoms with Crippen molar-refractivity contribution in [3.63, 3.8) is 0 Å². The van der Waals surface area contributed by atoms with Crippen LogP contribution in [0.2, 0.25) is 0 Å². The minimum Gasteiger partial charge on any atom is -0.378 e. The largest absolute Gasteiger partial charge is 0.378 e. The monoisotopic (exact) mass is 288 g/mol. The number of hydrogen-bond acceptors (Lipinski definition) is 4. The molecule has 21 heavy (non-hydrogen) atoms. The number of carbonyl (C=O) groups excluding carboxylic acids is 1. The molecule has 1 aromatic carbocycles. The van der Waals surface area contributed by atoms with Gasteiger partial charge in [-0.25, -0.2) is 0 Å². The van der Waals surface area contributed by atoms with Crippen molar-refractivity contribution < 1.29 is 9.53 Å². The first-order valence-electron chi connectivity index (χ1n) is 7.38. The molecule has 1 saturated heterocycles. The second kappa shape index (κ2) is 6.13. The average Bonchev–Trinajstić information content (AvgIpc) is 2.91. The van der Waals surface area contributed by atoms with Crippen molar-refractivity contribution in [3.8, 4) is 0 Å². The van der Waals surface area contributed by atoms with Gasteiger partial charge in [-0.15, -0.1) is 0 Å². The van der Waals surface area contributed by atoms with Gasteiger partial charge in [-0.3, -0.25) is 9.89 Å². The zero-order valence-corrected chi connectivity index (χ0v) is 12.2. The molecule has 0 unspecified atom stereocenters. The van der Waals surface area contributed by atoms with E-state index in [4.69, 9.17) is 4.74 Å². The minimum absolute atomic E-state index is 0.00292. The van der Waals surface area contributed by atoms with Gasteiger partial charge in [0.2, 0.25) is 5.91 Å². The van der Waals surface area contributed by atoms with Gasteiger partial charge >= 0.3 is 0 Å². The number of amides is 1. The number of hydrogen-bond donors (Lipinski definition) is 2. The van der Waals surface area contributed by atoms with Gasteiger partial charge in [0, 0.05) is 30.6 Å². The van der Waals surface area contributed by atoms with Gasteiger partial charge in [0.05, 0.1) is 18.7 Å². The predicted molar refractivity (Wildman–Crippen MR) is 82.7 cm³/mol. The van der Waals surface area contributed by atoms with Crippen LogP contribution >= 0.6 is 0 Å². The molecule has 1 fully saturated rings. The Morgan fingerprint density at radius 1 is 1.43 bits per heavy atom. The highest BCUT2D eigenvalue weighted by Gasteiger charge is 2.14. The number of morpholine rings is 1. The summed E-state index contributed by atoms with van der Waals surface area (Å²) in [5, 5.41) is 11.0. The Kier molecular flexibility index (Phi) is 4.06. The van der Waals surface area contributed by atoms with E-state index in [1.54, 1.807) is 0 Å². The SMILES string of the molecule is CCCC(=O)Nc1n[nH]c2cc(N3CCOCC3)ccc12. The molecule has 1 aliphatic rings. The van der Waals surface area contributed by atoms with Crippen LogP contribution in [0.5, 0.6) is 0 Å². The number of nitrogens with zero attached hydrogens (tertiary/aromatic N) is 2. The van der Waals surface area contributed by atoms with Crippen molar-refractivity contribution in [1.82, 2.24) is 10.2 Å². The lowest BCUT2D eigenvalue weighted by Gasteiger charge is -2.28. The number of aromatic nitrogens is 2. The first-order chi connectivity index (χ1) is 10.3. The quantitative estimate of drug-likeness (QED) is 0.904. The molecular formula is C15H20N4O2. The zero-order valence-electron chi connectivity index (χ0n) is 12.2. The molecule has 1 amide bonds. The van der Waals surface area contributed by atoms with Crippen molar-refractivity contribution in [2.45, 2.75) is 19.8 Å². The van der Waals surface area contributed by atoms with E-state index in [9.17, 15) is 4.79 Å². The first kappa shape index (κ1) is 13.9. The third-order valence-corrected chi connectivity index (χ3v) is 3.66. The lowest BCUT2D eigenvalue weighted by atomic mass is 10.2. The van der Waals surface area contributed by atoms with Crippen molar-refractivity contribution >= 4 is 28.3 Å². The van der Waals surface area contributed by atoms with Gasteiger partial charge in [0.25, 0.3) is 0 Å². The second-order valence-electron chi connectivity index (χ2n) is 5.20. The van der Waals surface area contributed by atoms with Crippen LogP contribution in [0, 0.1) is 0 Å². The van der Waals surface area contributed by atoms with E-state index < -0.39 is 0 Å². The Bertz CT molecular complexity index is 632. The maximum atomic E-state index is 11.7. The smallest absolute Gasteiger partial charge is 0.225 e. The molecule has 0 saturated carbocycles. The van der Waals surface area contributed by atoms with Crippen molar-refractivity contribution in [2.24, 2.45) is 0 Å². The molecule has 0 spiro atoms. The molecule has 0 atom stereocenters. The summed E-state index contributed by atoms with van der Waals surface area (Å²) < 4.78 is 5.37. The molecule has 6 nitrogen and oxygen atoms in total. The van der Waals surface area contributed by atoms with Gasteiger partial charge in [0.15, 0.2) is 5.82 Å². The van der Waals surface area contributed by atoms with E-state index in [1.807, 2.05) is 13.0 Å². The number of aromatic amines is 1. The molecule has 2 aromatic rings. The van der Waals surface area contributed by atoms with E-state index >= 15 is 0 Å². The second-order valence-corrected chi connectivity index (χ2v) is 5.20. The number of rotatable bonds is 4. The Labute approximate surface area is 123 Å². The van der Waals surface area contributed by atoms with Crippen molar-refractivity contribution in [1.29, 1.82) is 0 Å². The summed E-state index contributed by atoms with van der Waals surface area (Å²) >= 11 is 0. The topological polar surface area (TPSA) is 70.2 Å². The molecule has 0 bridgehead atoms. The molecule has 112 valence electrons. The molecule has 1 aliphatic heterocycles. The first-order valence-corrected chi connectivity index (χ1v) is 7.38. The van der Waals surface area contributed by atoms with Crippen molar-refractivity contribution in [3.05, 3.63) is 18.2 Å². The third-order valence-electron chi connectivity index (χ3n) is 3.66. The molecule has 3 rings (SSSR count). The number of ether oxygens (including phenoxy) is 1. The number of carbonyl (C=O) groups is 1. The van der Waals surface area contributed by atoms with E-state index in [1.165, 1.54) is 0 Å². The number of anilines is 2. The maximum Gasteiger partial charge on any atom is 0.225 e.